The zero-order valence-electron chi connectivity index (χ0n) is 10.6. The number of halogens is 3. The van der Waals surface area contributed by atoms with Crippen molar-refractivity contribution in [1.29, 1.82) is 0 Å². The Hall–Kier alpha value is -1.64. The first-order valence-electron chi connectivity index (χ1n) is 5.83. The molecule has 2 aromatic rings. The van der Waals surface area contributed by atoms with E-state index in [9.17, 15) is 17.4 Å². The Balaban J connectivity index is 2.17. The lowest BCUT2D eigenvalue weighted by Crippen LogP contribution is -2.08. The van der Waals surface area contributed by atoms with Gasteiger partial charge in [0.15, 0.2) is 11.5 Å². The van der Waals surface area contributed by atoms with Gasteiger partial charge >= 0.3 is 6.18 Å². The van der Waals surface area contributed by atoms with Crippen molar-refractivity contribution in [3.63, 3.8) is 0 Å². The van der Waals surface area contributed by atoms with Crippen molar-refractivity contribution >= 4 is 22.1 Å². The van der Waals surface area contributed by atoms with E-state index < -0.39 is 22.7 Å². The van der Waals surface area contributed by atoms with Crippen LogP contribution in [0.4, 0.5) is 19.0 Å². The lowest BCUT2D eigenvalue weighted by molar-refractivity contribution is -0.141. The number of nitrogens with one attached hydrogen (secondary N) is 1. The van der Waals surface area contributed by atoms with Gasteiger partial charge in [0.1, 0.15) is 5.52 Å². The SMILES string of the molecule is CS(=O)CCCNc1nccn2nc(C(F)(F)F)cc12. The van der Waals surface area contributed by atoms with Gasteiger partial charge in [0, 0.05) is 47.8 Å². The minimum atomic E-state index is -4.48. The second-order valence-corrected chi connectivity index (χ2v) is 5.75. The fraction of sp³-hybridized carbons (Fsp3) is 0.455. The van der Waals surface area contributed by atoms with Gasteiger partial charge in [-0.15, -0.1) is 0 Å². The second-order valence-electron chi connectivity index (χ2n) is 4.19. The molecule has 1 N–H and O–H groups in total. The Labute approximate surface area is 115 Å². The molecule has 0 aliphatic heterocycles. The fourth-order valence-electron chi connectivity index (χ4n) is 1.68. The number of hydrogen-bond acceptors (Lipinski definition) is 4. The van der Waals surface area contributed by atoms with Crippen molar-refractivity contribution in [3.05, 3.63) is 24.2 Å². The van der Waals surface area contributed by atoms with Crippen LogP contribution in [0.3, 0.4) is 0 Å². The standard InChI is InChI=1S/C11H13F3N4OS/c1-20(19)6-2-3-15-10-8-7-9(11(12,13)14)17-18(8)5-4-16-10/h4-5,7H,2-3,6H2,1H3,(H,15,16). The minimum Gasteiger partial charge on any atom is -0.368 e. The van der Waals surface area contributed by atoms with E-state index in [0.717, 1.165) is 10.6 Å². The number of fused-ring (bicyclic) bond motifs is 1. The Morgan fingerprint density at radius 1 is 1.45 bits per heavy atom. The average molecular weight is 306 g/mol. The first-order chi connectivity index (χ1) is 9.38. The van der Waals surface area contributed by atoms with Gasteiger partial charge in [-0.1, -0.05) is 0 Å². The zero-order chi connectivity index (χ0) is 14.8. The van der Waals surface area contributed by atoms with Crippen molar-refractivity contribution in [2.45, 2.75) is 12.6 Å². The van der Waals surface area contributed by atoms with Gasteiger partial charge in [-0.05, 0) is 6.42 Å². The molecule has 1 atom stereocenters. The zero-order valence-corrected chi connectivity index (χ0v) is 11.5. The van der Waals surface area contributed by atoms with Gasteiger partial charge in [0.05, 0.1) is 0 Å². The fourth-order valence-corrected chi connectivity index (χ4v) is 2.23. The summed E-state index contributed by atoms with van der Waals surface area (Å²) in [6, 6.07) is 0.952. The highest BCUT2D eigenvalue weighted by molar-refractivity contribution is 7.84. The third-order valence-electron chi connectivity index (χ3n) is 2.58. The molecule has 0 aliphatic rings. The summed E-state index contributed by atoms with van der Waals surface area (Å²) in [5.74, 6) is 0.862. The maximum atomic E-state index is 12.6. The number of alkyl halides is 3. The molecule has 1 unspecified atom stereocenters. The van der Waals surface area contributed by atoms with Crippen LogP contribution in [0, 0.1) is 0 Å². The molecule has 0 aliphatic carbocycles. The molecular formula is C11H13F3N4OS. The van der Waals surface area contributed by atoms with Crippen LogP contribution in [-0.4, -0.2) is 37.4 Å². The number of nitrogens with zero attached hydrogens (tertiary/aromatic N) is 3. The molecule has 9 heteroatoms. The molecule has 0 amide bonds. The Morgan fingerprint density at radius 3 is 2.85 bits per heavy atom. The maximum absolute atomic E-state index is 12.6. The van der Waals surface area contributed by atoms with Gasteiger partial charge in [0.2, 0.25) is 0 Å². The third kappa shape index (κ3) is 3.47. The van der Waals surface area contributed by atoms with E-state index in [2.05, 4.69) is 15.4 Å². The summed E-state index contributed by atoms with van der Waals surface area (Å²) in [6.07, 6.45) is 0.497. The van der Waals surface area contributed by atoms with Crippen LogP contribution in [0.25, 0.3) is 5.52 Å². The number of anilines is 1. The molecule has 110 valence electrons. The maximum Gasteiger partial charge on any atom is 0.435 e. The van der Waals surface area contributed by atoms with Crippen LogP contribution in [0.1, 0.15) is 12.1 Å². The molecule has 2 heterocycles. The normalized spacial score (nSPS) is 13.6. The van der Waals surface area contributed by atoms with E-state index in [1.807, 2.05) is 0 Å². The van der Waals surface area contributed by atoms with Crippen molar-refractivity contribution < 1.29 is 17.4 Å². The Bertz CT molecular complexity index is 626. The summed E-state index contributed by atoms with van der Waals surface area (Å²) in [5, 5.41) is 6.40. The monoisotopic (exact) mass is 306 g/mol. The van der Waals surface area contributed by atoms with Crippen LogP contribution in [0.5, 0.6) is 0 Å². The lowest BCUT2D eigenvalue weighted by atomic mass is 10.3. The molecule has 0 saturated heterocycles. The molecule has 0 fully saturated rings. The third-order valence-corrected chi connectivity index (χ3v) is 3.44. The predicted molar refractivity (Wildman–Crippen MR) is 70.0 cm³/mol. The molecule has 20 heavy (non-hydrogen) atoms. The summed E-state index contributed by atoms with van der Waals surface area (Å²) < 4.78 is 49.9. The van der Waals surface area contributed by atoms with Crippen molar-refractivity contribution in [1.82, 2.24) is 14.6 Å². The quantitative estimate of drug-likeness (QED) is 0.858. The van der Waals surface area contributed by atoms with Crippen LogP contribution in [-0.2, 0) is 17.0 Å². The highest BCUT2D eigenvalue weighted by Crippen LogP contribution is 2.29. The first kappa shape index (κ1) is 14.8. The van der Waals surface area contributed by atoms with Gasteiger partial charge < -0.3 is 5.32 Å². The van der Waals surface area contributed by atoms with Gasteiger partial charge in [-0.3, -0.25) is 4.21 Å². The summed E-state index contributed by atoms with van der Waals surface area (Å²) in [5.41, 5.74) is -0.694. The van der Waals surface area contributed by atoms with Gasteiger partial charge in [-0.2, -0.15) is 18.3 Å². The lowest BCUT2D eigenvalue weighted by Gasteiger charge is -2.05. The first-order valence-corrected chi connectivity index (χ1v) is 7.56. The molecule has 0 aromatic carbocycles. The van der Waals surface area contributed by atoms with Gasteiger partial charge in [0.25, 0.3) is 0 Å². The van der Waals surface area contributed by atoms with E-state index in [0.29, 0.717) is 24.5 Å². The van der Waals surface area contributed by atoms with E-state index in [-0.39, 0.29) is 5.52 Å². The molecule has 0 bridgehead atoms. The van der Waals surface area contributed by atoms with Crippen molar-refractivity contribution in [3.8, 4) is 0 Å². The molecule has 0 spiro atoms. The topological polar surface area (TPSA) is 59.3 Å². The van der Waals surface area contributed by atoms with Crippen LogP contribution < -0.4 is 5.32 Å². The van der Waals surface area contributed by atoms with Crippen LogP contribution >= 0.6 is 0 Å². The summed E-state index contributed by atoms with van der Waals surface area (Å²) in [7, 11) is -0.885. The molecule has 0 radical (unpaired) electrons. The van der Waals surface area contributed by atoms with E-state index in [4.69, 9.17) is 0 Å². The smallest absolute Gasteiger partial charge is 0.368 e. The number of aromatic nitrogens is 3. The summed E-state index contributed by atoms with van der Waals surface area (Å²) in [4.78, 5) is 4.00. The van der Waals surface area contributed by atoms with Crippen molar-refractivity contribution in [2.75, 3.05) is 23.9 Å². The second kappa shape index (κ2) is 5.78. The average Bonchev–Trinajstić information content (AvgIpc) is 2.78. The van der Waals surface area contributed by atoms with Gasteiger partial charge in [-0.25, -0.2) is 9.50 Å². The van der Waals surface area contributed by atoms with E-state index in [1.165, 1.54) is 12.4 Å². The van der Waals surface area contributed by atoms with E-state index in [1.54, 1.807) is 6.26 Å². The Kier molecular flexibility index (Phi) is 4.26. The van der Waals surface area contributed by atoms with Crippen LogP contribution in [0.2, 0.25) is 0 Å². The minimum absolute atomic E-state index is 0.262. The highest BCUT2D eigenvalue weighted by Gasteiger charge is 2.34. The molecule has 2 aromatic heterocycles. The largest absolute Gasteiger partial charge is 0.435 e. The van der Waals surface area contributed by atoms with Crippen molar-refractivity contribution in [2.24, 2.45) is 0 Å². The molecule has 5 nitrogen and oxygen atoms in total. The summed E-state index contributed by atoms with van der Waals surface area (Å²) in [6.45, 7) is 0.485. The summed E-state index contributed by atoms with van der Waals surface area (Å²) >= 11 is 0. The highest BCUT2D eigenvalue weighted by atomic mass is 32.2. The molecule has 0 saturated carbocycles. The number of hydrogen-bond donors (Lipinski definition) is 1. The number of rotatable bonds is 5. The van der Waals surface area contributed by atoms with E-state index >= 15 is 0 Å². The Morgan fingerprint density at radius 2 is 2.20 bits per heavy atom. The molecular weight excluding hydrogens is 293 g/mol. The predicted octanol–water partition coefficient (Wildman–Crippen LogP) is 1.93. The van der Waals surface area contributed by atoms with Crippen LogP contribution in [0.15, 0.2) is 18.5 Å². The molecule has 2 rings (SSSR count).